The average molecular weight is 440 g/mol. The highest BCUT2D eigenvalue weighted by atomic mass is 32.2. The molecule has 2 aromatic rings. The van der Waals surface area contributed by atoms with Crippen LogP contribution in [0.15, 0.2) is 47.4 Å². The molecule has 1 amide bonds. The summed E-state index contributed by atoms with van der Waals surface area (Å²) in [5.74, 6) is -1.40. The predicted molar refractivity (Wildman–Crippen MR) is 90.6 cm³/mol. The molecule has 0 saturated heterocycles. The number of anilines is 1. The molecular formula is C16H10F6N2O4S. The molecule has 2 rings (SSSR count). The summed E-state index contributed by atoms with van der Waals surface area (Å²) < 4.78 is 80.0. The number of rotatable bonds is 6. The number of benzene rings is 2. The van der Waals surface area contributed by atoms with E-state index in [4.69, 9.17) is 4.74 Å². The quantitative estimate of drug-likeness (QED) is 0.288. The van der Waals surface area contributed by atoms with Crippen LogP contribution in [0.1, 0.15) is 5.56 Å². The Balaban J connectivity index is 2.07. The van der Waals surface area contributed by atoms with Crippen molar-refractivity contribution in [2.24, 2.45) is 0 Å². The molecule has 0 aliphatic heterocycles. The zero-order valence-corrected chi connectivity index (χ0v) is 14.8. The maximum absolute atomic E-state index is 12.7. The molecule has 1 N–H and O–H groups in total. The van der Waals surface area contributed by atoms with Crippen molar-refractivity contribution in [1.82, 2.24) is 0 Å². The lowest BCUT2D eigenvalue weighted by Gasteiger charge is -2.11. The molecule has 0 bridgehead atoms. The fraction of sp³-hybridized carbons (Fsp3) is 0.188. The van der Waals surface area contributed by atoms with Crippen LogP contribution in [0.4, 0.5) is 37.7 Å². The van der Waals surface area contributed by atoms with Gasteiger partial charge in [0.2, 0.25) is 0 Å². The van der Waals surface area contributed by atoms with Crippen molar-refractivity contribution in [3.8, 4) is 5.75 Å². The number of carbonyl (C=O) groups excluding carboxylic acids is 1. The molecule has 156 valence electrons. The summed E-state index contributed by atoms with van der Waals surface area (Å²) in [6.45, 7) is -0.817. The van der Waals surface area contributed by atoms with Crippen molar-refractivity contribution in [1.29, 1.82) is 0 Å². The highest BCUT2D eigenvalue weighted by Gasteiger charge is 2.31. The van der Waals surface area contributed by atoms with E-state index in [-0.39, 0.29) is 5.69 Å². The maximum Gasteiger partial charge on any atom is 0.446 e. The Labute approximate surface area is 163 Å². The number of nitro groups is 1. The summed E-state index contributed by atoms with van der Waals surface area (Å²) in [7, 11) is 0. The number of nitro benzene ring substituents is 1. The minimum Gasteiger partial charge on any atom is -0.477 e. The Hall–Kier alpha value is -2.96. The van der Waals surface area contributed by atoms with Gasteiger partial charge in [0, 0.05) is 16.6 Å². The molecule has 0 aliphatic rings. The van der Waals surface area contributed by atoms with Crippen LogP contribution in [0.3, 0.4) is 0 Å². The van der Waals surface area contributed by atoms with Gasteiger partial charge in [-0.3, -0.25) is 14.9 Å². The lowest BCUT2D eigenvalue weighted by Crippen LogP contribution is -2.20. The summed E-state index contributed by atoms with van der Waals surface area (Å²) in [5, 5.41) is 13.2. The van der Waals surface area contributed by atoms with Gasteiger partial charge in [-0.05, 0) is 42.1 Å². The molecule has 0 saturated carbocycles. The molecule has 0 aromatic heterocycles. The number of hydrogen-bond acceptors (Lipinski definition) is 5. The van der Waals surface area contributed by atoms with Crippen LogP contribution in [-0.2, 0) is 11.0 Å². The Morgan fingerprint density at radius 1 is 1.10 bits per heavy atom. The number of thioether (sulfide) groups is 1. The fourth-order valence-electron chi connectivity index (χ4n) is 2.07. The SMILES string of the molecule is O=C(COc1ccc(SC(F)(F)F)cc1[N+](=O)[O-])Nc1cccc(C(F)(F)F)c1. The number of halogens is 6. The van der Waals surface area contributed by atoms with Crippen molar-refractivity contribution < 1.29 is 40.8 Å². The minimum absolute atomic E-state index is 0.181. The van der Waals surface area contributed by atoms with E-state index in [1.807, 2.05) is 0 Å². The van der Waals surface area contributed by atoms with Crippen molar-refractivity contribution in [3.05, 3.63) is 58.1 Å². The molecule has 0 fully saturated rings. The largest absolute Gasteiger partial charge is 0.477 e. The Bertz CT molecular complexity index is 917. The molecule has 13 heteroatoms. The van der Waals surface area contributed by atoms with Crippen LogP contribution in [0.5, 0.6) is 5.75 Å². The van der Waals surface area contributed by atoms with Gasteiger partial charge in [0.25, 0.3) is 5.91 Å². The van der Waals surface area contributed by atoms with Gasteiger partial charge in [-0.25, -0.2) is 0 Å². The molecule has 0 atom stereocenters. The summed E-state index contributed by atoms with van der Waals surface area (Å²) in [6, 6.07) is 6.20. The highest BCUT2D eigenvalue weighted by Crippen LogP contribution is 2.40. The Morgan fingerprint density at radius 2 is 1.79 bits per heavy atom. The van der Waals surface area contributed by atoms with Crippen molar-refractivity contribution in [2.75, 3.05) is 11.9 Å². The Kier molecular flexibility index (Phi) is 6.62. The van der Waals surface area contributed by atoms with Gasteiger partial charge in [-0.15, -0.1) is 0 Å². The van der Waals surface area contributed by atoms with Crippen LogP contribution in [0.25, 0.3) is 0 Å². The highest BCUT2D eigenvalue weighted by molar-refractivity contribution is 8.00. The Morgan fingerprint density at radius 3 is 2.38 bits per heavy atom. The van der Waals surface area contributed by atoms with E-state index >= 15 is 0 Å². The number of carbonyl (C=O) groups is 1. The summed E-state index contributed by atoms with van der Waals surface area (Å²) in [5.41, 5.74) is -6.63. The molecule has 6 nitrogen and oxygen atoms in total. The molecular weight excluding hydrogens is 430 g/mol. The zero-order valence-electron chi connectivity index (χ0n) is 14.0. The second kappa shape index (κ2) is 8.59. The third-order valence-electron chi connectivity index (χ3n) is 3.19. The number of ether oxygens (including phenoxy) is 1. The topological polar surface area (TPSA) is 81.5 Å². The third-order valence-corrected chi connectivity index (χ3v) is 3.91. The van der Waals surface area contributed by atoms with Crippen LogP contribution >= 0.6 is 11.8 Å². The second-order valence-corrected chi connectivity index (χ2v) is 6.49. The normalized spacial score (nSPS) is 11.8. The van der Waals surface area contributed by atoms with E-state index in [9.17, 15) is 41.3 Å². The first-order valence-electron chi connectivity index (χ1n) is 7.49. The first-order valence-corrected chi connectivity index (χ1v) is 8.31. The predicted octanol–water partition coefficient (Wildman–Crippen LogP) is 5.24. The molecule has 2 aromatic carbocycles. The van der Waals surface area contributed by atoms with Crippen molar-refractivity contribution in [2.45, 2.75) is 16.6 Å². The van der Waals surface area contributed by atoms with E-state index in [0.717, 1.165) is 24.3 Å². The summed E-state index contributed by atoms with van der Waals surface area (Å²) in [4.78, 5) is 21.4. The number of nitrogens with one attached hydrogen (secondary N) is 1. The van der Waals surface area contributed by atoms with Crippen molar-refractivity contribution >= 4 is 29.0 Å². The van der Waals surface area contributed by atoms with Gasteiger partial charge >= 0.3 is 17.4 Å². The fourth-order valence-corrected chi connectivity index (χ4v) is 2.65. The molecule has 0 radical (unpaired) electrons. The van der Waals surface area contributed by atoms with Gasteiger partial charge in [-0.2, -0.15) is 26.3 Å². The van der Waals surface area contributed by atoms with E-state index < -0.39 is 62.8 Å². The van der Waals surface area contributed by atoms with Crippen LogP contribution in [0.2, 0.25) is 0 Å². The molecule has 0 heterocycles. The smallest absolute Gasteiger partial charge is 0.446 e. The minimum atomic E-state index is -4.65. The lowest BCUT2D eigenvalue weighted by atomic mass is 10.2. The second-order valence-electron chi connectivity index (χ2n) is 5.35. The molecule has 0 unspecified atom stereocenters. The number of hydrogen-bond donors (Lipinski definition) is 1. The van der Waals surface area contributed by atoms with Gasteiger partial charge in [-0.1, -0.05) is 6.07 Å². The molecule has 29 heavy (non-hydrogen) atoms. The first-order chi connectivity index (χ1) is 13.3. The monoisotopic (exact) mass is 440 g/mol. The van der Waals surface area contributed by atoms with Gasteiger partial charge < -0.3 is 10.1 Å². The number of alkyl halides is 6. The van der Waals surface area contributed by atoms with E-state index in [2.05, 4.69) is 5.32 Å². The first kappa shape index (κ1) is 22.3. The van der Waals surface area contributed by atoms with E-state index in [1.165, 1.54) is 6.07 Å². The number of nitrogens with zero attached hydrogens (tertiary/aromatic N) is 1. The lowest BCUT2D eigenvalue weighted by molar-refractivity contribution is -0.386. The van der Waals surface area contributed by atoms with Gasteiger partial charge in [0.1, 0.15) is 0 Å². The van der Waals surface area contributed by atoms with Gasteiger partial charge in [0.15, 0.2) is 12.4 Å². The van der Waals surface area contributed by atoms with Gasteiger partial charge in [0.05, 0.1) is 10.5 Å². The van der Waals surface area contributed by atoms with Crippen LogP contribution in [0, 0.1) is 10.1 Å². The van der Waals surface area contributed by atoms with E-state index in [1.54, 1.807) is 0 Å². The van der Waals surface area contributed by atoms with Crippen LogP contribution < -0.4 is 10.1 Å². The summed E-state index contributed by atoms with van der Waals surface area (Å²) in [6.07, 6.45) is -4.62. The molecule has 0 spiro atoms. The average Bonchev–Trinajstić information content (AvgIpc) is 2.58. The summed E-state index contributed by atoms with van der Waals surface area (Å²) >= 11 is -0.561. The standard InChI is InChI=1S/C16H10F6N2O4S/c17-15(18,19)9-2-1-3-10(6-9)23-14(25)8-28-13-5-4-11(29-16(20,21)22)7-12(13)24(26)27/h1-7H,8H2,(H,23,25). The zero-order chi connectivity index (χ0) is 21.8. The van der Waals surface area contributed by atoms with E-state index in [0.29, 0.717) is 12.1 Å². The maximum atomic E-state index is 12.7. The third kappa shape index (κ3) is 6.85. The van der Waals surface area contributed by atoms with Crippen LogP contribution in [-0.4, -0.2) is 22.9 Å². The number of amides is 1. The molecule has 0 aliphatic carbocycles. The van der Waals surface area contributed by atoms with Crippen molar-refractivity contribution in [3.63, 3.8) is 0 Å².